The molecular weight excluding hydrogens is 404 g/mol. The van der Waals surface area contributed by atoms with E-state index < -0.39 is 0 Å². The third-order valence-electron chi connectivity index (χ3n) is 5.26. The van der Waals surface area contributed by atoms with Gasteiger partial charge in [0, 0.05) is 37.7 Å². The fourth-order valence-corrected chi connectivity index (χ4v) is 3.68. The summed E-state index contributed by atoms with van der Waals surface area (Å²) in [6, 6.07) is 14.7. The van der Waals surface area contributed by atoms with Crippen molar-refractivity contribution in [1.82, 2.24) is 19.4 Å². The van der Waals surface area contributed by atoms with Crippen molar-refractivity contribution >= 4 is 28.5 Å². The molecule has 0 atom stereocenters. The highest BCUT2D eigenvalue weighted by molar-refractivity contribution is 6.30. The molecule has 2 aromatic carbocycles. The number of para-hydroxylation sites is 2. The van der Waals surface area contributed by atoms with Gasteiger partial charge < -0.3 is 9.64 Å². The van der Waals surface area contributed by atoms with Crippen molar-refractivity contribution < 1.29 is 9.53 Å². The summed E-state index contributed by atoms with van der Waals surface area (Å²) >= 11 is 5.88. The lowest BCUT2D eigenvalue weighted by atomic mass is 10.2. The quantitative estimate of drug-likeness (QED) is 0.605. The van der Waals surface area contributed by atoms with E-state index in [-0.39, 0.29) is 18.0 Å². The van der Waals surface area contributed by atoms with Crippen LogP contribution in [0.4, 0.5) is 0 Å². The fraction of sp³-hybridized carbons (Fsp3) is 0.318. The minimum absolute atomic E-state index is 0.0293. The first-order valence-corrected chi connectivity index (χ1v) is 10.3. The number of ether oxygens (including phenoxy) is 1. The molecule has 1 saturated heterocycles. The van der Waals surface area contributed by atoms with Crippen LogP contribution in [0.2, 0.25) is 5.02 Å². The second-order valence-corrected chi connectivity index (χ2v) is 7.63. The van der Waals surface area contributed by atoms with E-state index in [4.69, 9.17) is 16.3 Å². The van der Waals surface area contributed by atoms with Crippen LogP contribution in [0.3, 0.4) is 0 Å². The maximum absolute atomic E-state index is 12.8. The molecule has 8 heteroatoms. The Labute approximate surface area is 179 Å². The molecule has 0 spiro atoms. The Morgan fingerprint density at radius 2 is 1.77 bits per heavy atom. The first-order valence-electron chi connectivity index (χ1n) is 9.93. The summed E-state index contributed by atoms with van der Waals surface area (Å²) in [6.07, 6.45) is 1.27. The number of carbonyl (C=O) groups excluding carboxylic acids is 1. The van der Waals surface area contributed by atoms with Gasteiger partial charge in [-0.05, 0) is 36.4 Å². The van der Waals surface area contributed by atoms with E-state index in [1.54, 1.807) is 12.1 Å². The van der Waals surface area contributed by atoms with E-state index in [0.717, 1.165) is 25.4 Å². The minimum atomic E-state index is -0.264. The predicted octanol–water partition coefficient (Wildman–Crippen LogP) is 2.27. The largest absolute Gasteiger partial charge is 0.492 e. The highest BCUT2D eigenvalue weighted by Crippen LogP contribution is 2.15. The van der Waals surface area contributed by atoms with Gasteiger partial charge in [-0.2, -0.15) is 0 Å². The van der Waals surface area contributed by atoms with Crippen LogP contribution in [-0.2, 0) is 11.3 Å². The second-order valence-electron chi connectivity index (χ2n) is 7.20. The smallest absolute Gasteiger partial charge is 0.269 e. The summed E-state index contributed by atoms with van der Waals surface area (Å²) in [5, 5.41) is 0.685. The van der Waals surface area contributed by atoms with Crippen LogP contribution in [0.1, 0.15) is 0 Å². The number of hydrogen-bond donors (Lipinski definition) is 0. The van der Waals surface area contributed by atoms with E-state index in [1.165, 1.54) is 10.8 Å². The number of fused-ring (bicyclic) bond motifs is 1. The van der Waals surface area contributed by atoms with Crippen LogP contribution in [0.15, 0.2) is 59.5 Å². The van der Waals surface area contributed by atoms with Gasteiger partial charge in [0.15, 0.2) is 0 Å². The highest BCUT2D eigenvalue weighted by atomic mass is 35.5. The molecule has 156 valence electrons. The van der Waals surface area contributed by atoms with Crippen molar-refractivity contribution in [2.75, 3.05) is 39.3 Å². The normalized spacial score (nSPS) is 14.8. The average Bonchev–Trinajstić information content (AvgIpc) is 2.77. The summed E-state index contributed by atoms with van der Waals surface area (Å²) in [7, 11) is 0. The number of hydrogen-bond acceptors (Lipinski definition) is 5. The van der Waals surface area contributed by atoms with Gasteiger partial charge >= 0.3 is 0 Å². The highest BCUT2D eigenvalue weighted by Gasteiger charge is 2.22. The molecule has 1 aliphatic heterocycles. The van der Waals surface area contributed by atoms with Crippen molar-refractivity contribution in [3.8, 4) is 5.75 Å². The van der Waals surface area contributed by atoms with Gasteiger partial charge in [0.05, 0.1) is 17.2 Å². The molecule has 1 fully saturated rings. The number of piperazine rings is 1. The van der Waals surface area contributed by atoms with Crippen LogP contribution in [0.5, 0.6) is 5.75 Å². The predicted molar refractivity (Wildman–Crippen MR) is 116 cm³/mol. The Bertz CT molecular complexity index is 1080. The maximum atomic E-state index is 12.8. The molecule has 0 N–H and O–H groups in total. The van der Waals surface area contributed by atoms with E-state index >= 15 is 0 Å². The standard InChI is InChI=1S/C22H23ClN4O3/c23-17-5-7-18(8-6-17)30-14-13-25-9-11-26(12-10-25)22(29)16-27-20-4-2-1-3-19(20)24-15-21(27)28/h1-8,15H,9-14,16H2. The van der Waals surface area contributed by atoms with E-state index in [2.05, 4.69) is 9.88 Å². The van der Waals surface area contributed by atoms with Gasteiger partial charge in [-0.25, -0.2) is 4.98 Å². The average molecular weight is 427 g/mol. The van der Waals surface area contributed by atoms with Crippen LogP contribution < -0.4 is 10.3 Å². The molecule has 7 nitrogen and oxygen atoms in total. The van der Waals surface area contributed by atoms with Crippen LogP contribution in [0.25, 0.3) is 11.0 Å². The number of halogens is 1. The minimum Gasteiger partial charge on any atom is -0.492 e. The molecule has 0 radical (unpaired) electrons. The van der Waals surface area contributed by atoms with Gasteiger partial charge in [0.1, 0.15) is 18.9 Å². The number of carbonyl (C=O) groups is 1. The van der Waals surface area contributed by atoms with Crippen molar-refractivity contribution in [2.24, 2.45) is 0 Å². The molecule has 1 aromatic heterocycles. The lowest BCUT2D eigenvalue weighted by molar-refractivity contribution is -0.133. The van der Waals surface area contributed by atoms with Crippen molar-refractivity contribution in [3.63, 3.8) is 0 Å². The topological polar surface area (TPSA) is 67.7 Å². The molecule has 0 unspecified atom stereocenters. The zero-order valence-electron chi connectivity index (χ0n) is 16.5. The van der Waals surface area contributed by atoms with Gasteiger partial charge in [-0.3, -0.25) is 19.1 Å². The molecule has 30 heavy (non-hydrogen) atoms. The SMILES string of the molecule is O=C(Cn1c(=O)cnc2ccccc21)N1CCN(CCOc2ccc(Cl)cc2)CC1. The number of benzene rings is 2. The summed E-state index contributed by atoms with van der Waals surface area (Å²) < 4.78 is 7.24. The van der Waals surface area contributed by atoms with Gasteiger partial charge in [0.25, 0.3) is 5.56 Å². The summed E-state index contributed by atoms with van der Waals surface area (Å²) in [6.45, 7) is 4.23. The van der Waals surface area contributed by atoms with E-state index in [9.17, 15) is 9.59 Å². The molecule has 1 amide bonds. The molecule has 0 bridgehead atoms. The lowest BCUT2D eigenvalue weighted by Gasteiger charge is -2.34. The Balaban J connectivity index is 1.28. The number of aromatic nitrogens is 2. The lowest BCUT2D eigenvalue weighted by Crippen LogP contribution is -2.50. The van der Waals surface area contributed by atoms with Crippen molar-refractivity contribution in [1.29, 1.82) is 0 Å². The monoisotopic (exact) mass is 426 g/mol. The molecular formula is C22H23ClN4O3. The Kier molecular flexibility index (Phi) is 6.30. The molecule has 2 heterocycles. The Hall–Kier alpha value is -2.90. The second kappa shape index (κ2) is 9.28. The molecule has 0 saturated carbocycles. The van der Waals surface area contributed by atoms with Crippen molar-refractivity contribution in [2.45, 2.75) is 6.54 Å². The fourth-order valence-electron chi connectivity index (χ4n) is 3.56. The third kappa shape index (κ3) is 4.80. The number of rotatable bonds is 6. The van der Waals surface area contributed by atoms with Gasteiger partial charge in [-0.1, -0.05) is 23.7 Å². The third-order valence-corrected chi connectivity index (χ3v) is 5.51. The molecule has 1 aliphatic rings. The Morgan fingerprint density at radius 3 is 2.53 bits per heavy atom. The summed E-state index contributed by atoms with van der Waals surface area (Å²) in [5.41, 5.74) is 1.12. The summed E-state index contributed by atoms with van der Waals surface area (Å²) in [5.74, 6) is 0.744. The van der Waals surface area contributed by atoms with Crippen LogP contribution in [0, 0.1) is 0 Å². The zero-order chi connectivity index (χ0) is 20.9. The summed E-state index contributed by atoms with van der Waals surface area (Å²) in [4.78, 5) is 33.3. The molecule has 0 aliphatic carbocycles. The van der Waals surface area contributed by atoms with Crippen molar-refractivity contribution in [3.05, 3.63) is 70.1 Å². The molecule has 3 aromatic rings. The number of amides is 1. The van der Waals surface area contributed by atoms with Gasteiger partial charge in [0.2, 0.25) is 5.91 Å². The van der Waals surface area contributed by atoms with E-state index in [1.807, 2.05) is 41.3 Å². The first kappa shape index (κ1) is 20.4. The Morgan fingerprint density at radius 1 is 1.03 bits per heavy atom. The molecule has 4 rings (SSSR count). The van der Waals surface area contributed by atoms with E-state index in [0.29, 0.717) is 35.8 Å². The zero-order valence-corrected chi connectivity index (χ0v) is 17.3. The van der Waals surface area contributed by atoms with Crippen LogP contribution in [-0.4, -0.2) is 64.6 Å². The maximum Gasteiger partial charge on any atom is 0.269 e. The van der Waals surface area contributed by atoms with Gasteiger partial charge in [-0.15, -0.1) is 0 Å². The number of nitrogens with zero attached hydrogens (tertiary/aromatic N) is 4. The van der Waals surface area contributed by atoms with Crippen LogP contribution >= 0.6 is 11.6 Å². The first-order chi connectivity index (χ1) is 14.6.